The largest absolute Gasteiger partial charge is 0.322 e. The maximum atomic E-state index is 13.2. The summed E-state index contributed by atoms with van der Waals surface area (Å²) in [5.41, 5.74) is 1.83. The van der Waals surface area contributed by atoms with Gasteiger partial charge in [-0.2, -0.15) is 9.61 Å². The van der Waals surface area contributed by atoms with Gasteiger partial charge in [0.2, 0.25) is 4.96 Å². The highest BCUT2D eigenvalue weighted by Gasteiger charge is 2.13. The number of amides is 1. The molecule has 27 heavy (non-hydrogen) atoms. The monoisotopic (exact) mass is 381 g/mol. The van der Waals surface area contributed by atoms with E-state index in [1.54, 1.807) is 22.7 Å². The van der Waals surface area contributed by atoms with Gasteiger partial charge in [0.05, 0.1) is 0 Å². The molecule has 4 aromatic rings. The fraction of sp³-hybridized carbons (Fsp3) is 0.158. The number of rotatable bonds is 5. The third kappa shape index (κ3) is 3.56. The summed E-state index contributed by atoms with van der Waals surface area (Å²) in [4.78, 5) is 13.0. The van der Waals surface area contributed by atoms with Crippen LogP contribution in [0.2, 0.25) is 0 Å². The van der Waals surface area contributed by atoms with Crippen LogP contribution in [0.25, 0.3) is 15.5 Å². The molecule has 1 N–H and O–H groups in total. The van der Waals surface area contributed by atoms with Crippen molar-refractivity contribution in [1.82, 2.24) is 19.8 Å². The van der Waals surface area contributed by atoms with E-state index in [2.05, 4.69) is 27.5 Å². The number of benzene rings is 2. The summed E-state index contributed by atoms with van der Waals surface area (Å²) in [6, 6.07) is 12.9. The molecule has 0 bridgehead atoms. The first-order valence-corrected chi connectivity index (χ1v) is 9.34. The van der Waals surface area contributed by atoms with Crippen molar-refractivity contribution >= 4 is 27.9 Å². The maximum Gasteiger partial charge on any atom is 0.255 e. The summed E-state index contributed by atoms with van der Waals surface area (Å²) in [5, 5.41) is 16.5. The van der Waals surface area contributed by atoms with E-state index in [4.69, 9.17) is 0 Å². The Balaban J connectivity index is 1.53. The van der Waals surface area contributed by atoms with E-state index in [9.17, 15) is 9.18 Å². The van der Waals surface area contributed by atoms with E-state index >= 15 is 0 Å². The Morgan fingerprint density at radius 3 is 2.74 bits per heavy atom. The van der Waals surface area contributed by atoms with Gasteiger partial charge in [-0.3, -0.25) is 4.79 Å². The Hall–Kier alpha value is -3.13. The van der Waals surface area contributed by atoms with Crippen molar-refractivity contribution in [2.24, 2.45) is 0 Å². The minimum Gasteiger partial charge on any atom is -0.322 e. The standard InChI is InChI=1S/C19H16FN5OS/c1-2-4-16-22-23-19-25(16)24-18(27-19)12-7-9-15(10-8-12)21-17(26)13-5-3-6-14(20)11-13/h3,5-11H,2,4H2,1H3,(H,21,26). The van der Waals surface area contributed by atoms with Gasteiger partial charge in [0.15, 0.2) is 5.82 Å². The van der Waals surface area contributed by atoms with Crippen LogP contribution in [0.3, 0.4) is 0 Å². The fourth-order valence-corrected chi connectivity index (χ4v) is 3.55. The summed E-state index contributed by atoms with van der Waals surface area (Å²) < 4.78 is 15.0. The molecule has 2 aromatic carbocycles. The third-order valence-electron chi connectivity index (χ3n) is 4.01. The zero-order valence-electron chi connectivity index (χ0n) is 14.5. The molecule has 0 atom stereocenters. The lowest BCUT2D eigenvalue weighted by Crippen LogP contribution is -2.11. The average molecular weight is 381 g/mol. The maximum absolute atomic E-state index is 13.2. The van der Waals surface area contributed by atoms with Crippen LogP contribution in [-0.2, 0) is 6.42 Å². The molecule has 0 saturated heterocycles. The summed E-state index contributed by atoms with van der Waals surface area (Å²) in [7, 11) is 0. The quantitative estimate of drug-likeness (QED) is 0.562. The Labute approximate surface area is 158 Å². The molecule has 2 aromatic heterocycles. The number of hydrogen-bond donors (Lipinski definition) is 1. The second kappa shape index (κ2) is 7.24. The molecule has 0 unspecified atom stereocenters. The van der Waals surface area contributed by atoms with Crippen molar-refractivity contribution in [3.63, 3.8) is 0 Å². The van der Waals surface area contributed by atoms with Gasteiger partial charge in [0.25, 0.3) is 5.91 Å². The summed E-state index contributed by atoms with van der Waals surface area (Å²) in [6.07, 6.45) is 1.81. The van der Waals surface area contributed by atoms with E-state index < -0.39 is 5.82 Å². The van der Waals surface area contributed by atoms with Gasteiger partial charge in [0, 0.05) is 23.2 Å². The number of aromatic nitrogens is 4. The van der Waals surface area contributed by atoms with Crippen molar-refractivity contribution in [1.29, 1.82) is 0 Å². The molecule has 6 nitrogen and oxygen atoms in total. The molecule has 0 aliphatic carbocycles. The Bertz CT molecular complexity index is 1100. The van der Waals surface area contributed by atoms with Gasteiger partial charge in [-0.1, -0.05) is 24.3 Å². The normalized spacial score (nSPS) is 11.0. The zero-order chi connectivity index (χ0) is 18.8. The van der Waals surface area contributed by atoms with Crippen molar-refractivity contribution < 1.29 is 9.18 Å². The third-order valence-corrected chi connectivity index (χ3v) is 4.95. The fourth-order valence-electron chi connectivity index (χ4n) is 2.68. The predicted molar refractivity (Wildman–Crippen MR) is 102 cm³/mol. The highest BCUT2D eigenvalue weighted by Crippen LogP contribution is 2.27. The van der Waals surface area contributed by atoms with Gasteiger partial charge in [0.1, 0.15) is 10.8 Å². The number of carbonyl (C=O) groups excluding carboxylic acids is 1. The number of nitrogens with one attached hydrogen (secondary N) is 1. The molecular formula is C19H16FN5OS. The lowest BCUT2D eigenvalue weighted by atomic mass is 10.2. The highest BCUT2D eigenvalue weighted by atomic mass is 32.1. The van der Waals surface area contributed by atoms with E-state index in [-0.39, 0.29) is 11.5 Å². The lowest BCUT2D eigenvalue weighted by Gasteiger charge is -2.06. The summed E-state index contributed by atoms with van der Waals surface area (Å²) in [6.45, 7) is 2.09. The molecule has 4 rings (SSSR count). The molecule has 8 heteroatoms. The van der Waals surface area contributed by atoms with E-state index in [0.29, 0.717) is 5.69 Å². The SMILES string of the molecule is CCCc1nnc2sc(-c3ccc(NC(=O)c4cccc(F)c4)cc3)nn12. The van der Waals surface area contributed by atoms with Gasteiger partial charge in [-0.15, -0.1) is 10.2 Å². The van der Waals surface area contributed by atoms with Crippen LogP contribution in [-0.4, -0.2) is 25.7 Å². The van der Waals surface area contributed by atoms with Crippen LogP contribution < -0.4 is 5.32 Å². The molecule has 2 heterocycles. The molecule has 0 aliphatic rings. The van der Waals surface area contributed by atoms with E-state index in [1.807, 2.05) is 12.1 Å². The first kappa shape index (κ1) is 17.3. The second-order valence-corrected chi connectivity index (χ2v) is 6.97. The Morgan fingerprint density at radius 1 is 1.19 bits per heavy atom. The average Bonchev–Trinajstić information content (AvgIpc) is 3.25. The van der Waals surface area contributed by atoms with E-state index in [1.165, 1.54) is 29.5 Å². The summed E-state index contributed by atoms with van der Waals surface area (Å²) >= 11 is 1.46. The predicted octanol–water partition coefficient (Wildman–Crippen LogP) is 4.20. The van der Waals surface area contributed by atoms with Crippen LogP contribution in [0.15, 0.2) is 48.5 Å². The van der Waals surface area contributed by atoms with Crippen LogP contribution in [0.5, 0.6) is 0 Å². The number of fused-ring (bicyclic) bond motifs is 1. The van der Waals surface area contributed by atoms with Crippen LogP contribution in [0, 0.1) is 5.82 Å². The number of aryl methyl sites for hydroxylation is 1. The van der Waals surface area contributed by atoms with Gasteiger partial charge >= 0.3 is 0 Å². The van der Waals surface area contributed by atoms with Crippen LogP contribution >= 0.6 is 11.3 Å². The van der Waals surface area contributed by atoms with Gasteiger partial charge < -0.3 is 5.32 Å². The number of halogens is 1. The topological polar surface area (TPSA) is 72.2 Å². The molecule has 0 fully saturated rings. The molecule has 0 spiro atoms. The number of carbonyl (C=O) groups is 1. The molecule has 0 saturated carbocycles. The van der Waals surface area contributed by atoms with Gasteiger partial charge in [-0.05, 0) is 48.9 Å². The molecule has 136 valence electrons. The van der Waals surface area contributed by atoms with Crippen molar-refractivity contribution in [3.8, 4) is 10.6 Å². The molecule has 1 amide bonds. The van der Waals surface area contributed by atoms with Crippen LogP contribution in [0.1, 0.15) is 29.5 Å². The minimum absolute atomic E-state index is 0.274. The number of anilines is 1. The zero-order valence-corrected chi connectivity index (χ0v) is 15.3. The Morgan fingerprint density at radius 2 is 2.00 bits per heavy atom. The van der Waals surface area contributed by atoms with Crippen LogP contribution in [0.4, 0.5) is 10.1 Å². The molecule has 0 aliphatic heterocycles. The first-order chi connectivity index (χ1) is 13.1. The van der Waals surface area contributed by atoms with Crippen molar-refractivity contribution in [2.75, 3.05) is 5.32 Å². The van der Waals surface area contributed by atoms with Gasteiger partial charge in [-0.25, -0.2) is 4.39 Å². The summed E-state index contributed by atoms with van der Waals surface area (Å²) in [5.74, 6) is 0.0583. The van der Waals surface area contributed by atoms with E-state index in [0.717, 1.165) is 34.2 Å². The number of nitrogens with zero attached hydrogens (tertiary/aromatic N) is 4. The lowest BCUT2D eigenvalue weighted by molar-refractivity contribution is 0.102. The van der Waals surface area contributed by atoms with Crippen molar-refractivity contribution in [3.05, 3.63) is 65.7 Å². The Kier molecular flexibility index (Phi) is 4.64. The smallest absolute Gasteiger partial charge is 0.255 e. The molecule has 0 radical (unpaired) electrons. The molecular weight excluding hydrogens is 365 g/mol. The number of hydrogen-bond acceptors (Lipinski definition) is 5. The second-order valence-electron chi connectivity index (χ2n) is 6.01. The minimum atomic E-state index is -0.441. The van der Waals surface area contributed by atoms with Crippen molar-refractivity contribution in [2.45, 2.75) is 19.8 Å². The highest BCUT2D eigenvalue weighted by molar-refractivity contribution is 7.19. The first-order valence-electron chi connectivity index (χ1n) is 8.52.